The van der Waals surface area contributed by atoms with Crippen molar-refractivity contribution in [2.45, 2.75) is 25.9 Å². The van der Waals surface area contributed by atoms with E-state index < -0.39 is 0 Å². The number of thioether (sulfide) groups is 1. The van der Waals surface area contributed by atoms with Crippen molar-refractivity contribution in [1.29, 1.82) is 0 Å². The molecule has 21 heavy (non-hydrogen) atoms. The molecular weight excluding hydrogens is 284 g/mol. The highest BCUT2D eigenvalue weighted by molar-refractivity contribution is 7.98. The number of hydrogen-bond donors (Lipinski definition) is 0. The Morgan fingerprint density at radius 2 is 2.10 bits per heavy atom. The fourth-order valence-electron chi connectivity index (χ4n) is 1.69. The zero-order valence-electron chi connectivity index (χ0n) is 12.8. The van der Waals surface area contributed by atoms with Crippen LogP contribution in [0.5, 0.6) is 5.75 Å². The van der Waals surface area contributed by atoms with Crippen LogP contribution in [0.1, 0.15) is 25.2 Å². The molecule has 2 rings (SSSR count). The van der Waals surface area contributed by atoms with E-state index in [1.807, 2.05) is 37.4 Å². The van der Waals surface area contributed by atoms with Gasteiger partial charge in [0.1, 0.15) is 5.75 Å². The quantitative estimate of drug-likeness (QED) is 0.607. The van der Waals surface area contributed by atoms with Crippen LogP contribution in [0.25, 0.3) is 0 Å². The Hall–Kier alpha value is -1.82. The molecule has 0 spiro atoms. The van der Waals surface area contributed by atoms with Crippen molar-refractivity contribution >= 4 is 18.0 Å². The van der Waals surface area contributed by atoms with Crippen molar-refractivity contribution in [2.24, 2.45) is 11.0 Å². The number of nitrogens with zero attached hydrogens (tertiary/aromatic N) is 4. The Morgan fingerprint density at radius 3 is 2.81 bits per heavy atom. The van der Waals surface area contributed by atoms with Gasteiger partial charge in [-0.15, -0.1) is 10.2 Å². The van der Waals surface area contributed by atoms with Gasteiger partial charge in [-0.1, -0.05) is 37.7 Å². The van der Waals surface area contributed by atoms with Gasteiger partial charge < -0.3 is 4.74 Å². The van der Waals surface area contributed by atoms with Crippen LogP contribution in [0.15, 0.2) is 34.5 Å². The second kappa shape index (κ2) is 7.26. The lowest BCUT2D eigenvalue weighted by Gasteiger charge is -2.10. The average molecular weight is 304 g/mol. The van der Waals surface area contributed by atoms with Crippen molar-refractivity contribution in [3.05, 3.63) is 35.7 Å². The van der Waals surface area contributed by atoms with Crippen LogP contribution in [-0.2, 0) is 0 Å². The van der Waals surface area contributed by atoms with Gasteiger partial charge in [-0.3, -0.25) is 0 Å². The Bertz CT molecular complexity index is 622. The molecule has 0 N–H and O–H groups in total. The molecule has 0 radical (unpaired) electrons. The van der Waals surface area contributed by atoms with Crippen molar-refractivity contribution in [3.8, 4) is 5.75 Å². The lowest BCUT2D eigenvalue weighted by atomic mass is 10.2. The highest BCUT2D eigenvalue weighted by Crippen LogP contribution is 2.18. The molecule has 0 saturated heterocycles. The zero-order chi connectivity index (χ0) is 15.2. The number of aromatic nitrogens is 3. The molecule has 1 heterocycles. The number of rotatable bonds is 6. The Kier molecular flexibility index (Phi) is 5.38. The summed E-state index contributed by atoms with van der Waals surface area (Å²) >= 11 is 1.51. The van der Waals surface area contributed by atoms with Crippen molar-refractivity contribution < 1.29 is 4.74 Å². The van der Waals surface area contributed by atoms with E-state index in [9.17, 15) is 0 Å². The molecular formula is C15H20N4OS. The first-order valence-corrected chi connectivity index (χ1v) is 8.06. The van der Waals surface area contributed by atoms with Gasteiger partial charge in [0, 0.05) is 5.56 Å². The monoisotopic (exact) mass is 304 g/mol. The predicted molar refractivity (Wildman–Crippen MR) is 86.3 cm³/mol. The Labute approximate surface area is 129 Å². The van der Waals surface area contributed by atoms with Crippen LogP contribution in [0.2, 0.25) is 0 Å². The van der Waals surface area contributed by atoms with E-state index in [2.05, 4.69) is 29.1 Å². The SMILES string of the molecule is CSc1nnc(C)n1/N=C\c1ccccc1OCC(C)C. The topological polar surface area (TPSA) is 52.3 Å². The van der Waals surface area contributed by atoms with Crippen LogP contribution in [0, 0.1) is 12.8 Å². The summed E-state index contributed by atoms with van der Waals surface area (Å²) in [4.78, 5) is 0. The van der Waals surface area contributed by atoms with Gasteiger partial charge >= 0.3 is 0 Å². The lowest BCUT2D eigenvalue weighted by molar-refractivity contribution is 0.270. The fourth-order valence-corrected chi connectivity index (χ4v) is 2.17. The van der Waals surface area contributed by atoms with Crippen LogP contribution < -0.4 is 4.74 Å². The van der Waals surface area contributed by atoms with E-state index in [-0.39, 0.29) is 0 Å². The number of aryl methyl sites for hydroxylation is 1. The number of para-hydroxylation sites is 1. The molecule has 6 heteroatoms. The Balaban J connectivity index is 2.22. The van der Waals surface area contributed by atoms with Crippen LogP contribution in [0.4, 0.5) is 0 Å². The largest absolute Gasteiger partial charge is 0.493 e. The molecule has 0 fully saturated rings. The molecule has 112 valence electrons. The van der Waals surface area contributed by atoms with Gasteiger partial charge in [0.05, 0.1) is 12.8 Å². The number of hydrogen-bond acceptors (Lipinski definition) is 5. The number of benzene rings is 1. The highest BCUT2D eigenvalue weighted by Gasteiger charge is 2.06. The minimum Gasteiger partial charge on any atom is -0.493 e. The van der Waals surface area contributed by atoms with Crippen LogP contribution in [-0.4, -0.2) is 34.0 Å². The van der Waals surface area contributed by atoms with Crippen LogP contribution >= 0.6 is 11.8 Å². The zero-order valence-corrected chi connectivity index (χ0v) is 13.6. The van der Waals surface area contributed by atoms with Crippen molar-refractivity contribution in [3.63, 3.8) is 0 Å². The van der Waals surface area contributed by atoms with Crippen molar-refractivity contribution in [1.82, 2.24) is 14.9 Å². The van der Waals surface area contributed by atoms with E-state index in [4.69, 9.17) is 4.74 Å². The smallest absolute Gasteiger partial charge is 0.211 e. The third-order valence-electron chi connectivity index (χ3n) is 2.75. The molecule has 0 atom stereocenters. The summed E-state index contributed by atoms with van der Waals surface area (Å²) in [5, 5.41) is 13.3. The standard InChI is InChI=1S/C15H20N4OS/c1-11(2)10-20-14-8-6-5-7-13(14)9-16-19-12(3)17-18-15(19)21-4/h5-9,11H,10H2,1-4H3/b16-9-. The highest BCUT2D eigenvalue weighted by atomic mass is 32.2. The van der Waals surface area contributed by atoms with Crippen LogP contribution in [0.3, 0.4) is 0 Å². The summed E-state index contributed by atoms with van der Waals surface area (Å²) in [7, 11) is 0. The van der Waals surface area contributed by atoms with Gasteiger partial charge in [0.2, 0.25) is 5.16 Å². The summed E-state index contributed by atoms with van der Waals surface area (Å²) in [6.07, 6.45) is 3.74. The van der Waals surface area contributed by atoms with Gasteiger partial charge in [-0.25, -0.2) is 0 Å². The first-order valence-electron chi connectivity index (χ1n) is 6.84. The normalized spacial score (nSPS) is 11.5. The maximum atomic E-state index is 5.82. The summed E-state index contributed by atoms with van der Waals surface area (Å²) < 4.78 is 7.54. The van der Waals surface area contributed by atoms with E-state index in [0.717, 1.165) is 22.3 Å². The molecule has 1 aromatic carbocycles. The van der Waals surface area contributed by atoms with Gasteiger partial charge in [-0.2, -0.15) is 9.78 Å². The second-order valence-electron chi connectivity index (χ2n) is 5.03. The van der Waals surface area contributed by atoms with E-state index in [0.29, 0.717) is 12.5 Å². The minimum absolute atomic E-state index is 0.484. The van der Waals surface area contributed by atoms with Gasteiger partial charge in [0.15, 0.2) is 5.82 Å². The molecule has 2 aromatic rings. The first-order chi connectivity index (χ1) is 10.1. The van der Waals surface area contributed by atoms with Crippen molar-refractivity contribution in [2.75, 3.05) is 12.9 Å². The molecule has 0 saturated carbocycles. The van der Waals surface area contributed by atoms with E-state index in [1.165, 1.54) is 11.8 Å². The molecule has 0 amide bonds. The molecule has 0 aliphatic carbocycles. The second-order valence-corrected chi connectivity index (χ2v) is 5.81. The van der Waals surface area contributed by atoms with E-state index in [1.54, 1.807) is 10.9 Å². The molecule has 5 nitrogen and oxygen atoms in total. The third-order valence-corrected chi connectivity index (χ3v) is 3.37. The minimum atomic E-state index is 0.484. The van der Waals surface area contributed by atoms with Gasteiger partial charge in [-0.05, 0) is 31.2 Å². The molecule has 0 aliphatic heterocycles. The average Bonchev–Trinajstić information content (AvgIpc) is 2.84. The molecule has 0 unspecified atom stereocenters. The van der Waals surface area contributed by atoms with Gasteiger partial charge in [0.25, 0.3) is 0 Å². The molecule has 0 aliphatic rings. The lowest BCUT2D eigenvalue weighted by Crippen LogP contribution is -2.06. The maximum Gasteiger partial charge on any atom is 0.211 e. The molecule has 1 aromatic heterocycles. The summed E-state index contributed by atoms with van der Waals surface area (Å²) in [5.74, 6) is 2.08. The Morgan fingerprint density at radius 1 is 1.33 bits per heavy atom. The van der Waals surface area contributed by atoms with E-state index >= 15 is 0 Å². The predicted octanol–water partition coefficient (Wildman–Crippen LogP) is 3.23. The fraction of sp³-hybridized carbons (Fsp3) is 0.400. The number of ether oxygens (including phenoxy) is 1. The summed E-state index contributed by atoms with van der Waals surface area (Å²) in [5.41, 5.74) is 0.943. The third kappa shape index (κ3) is 4.07. The summed E-state index contributed by atoms with van der Waals surface area (Å²) in [6, 6.07) is 7.87. The maximum absolute atomic E-state index is 5.82. The molecule has 0 bridgehead atoms. The first kappa shape index (κ1) is 15.6. The summed E-state index contributed by atoms with van der Waals surface area (Å²) in [6.45, 7) is 6.82.